The molecule has 5 heteroatoms. The molecule has 29 heavy (non-hydrogen) atoms. The number of pyridine rings is 1. The predicted molar refractivity (Wildman–Crippen MR) is 119 cm³/mol. The Morgan fingerprint density at radius 2 is 1.76 bits per heavy atom. The summed E-state index contributed by atoms with van der Waals surface area (Å²) in [6.45, 7) is 2.49. The first kappa shape index (κ1) is 19.0. The van der Waals surface area contributed by atoms with Crippen molar-refractivity contribution in [3.05, 3.63) is 90.4 Å². The molecule has 2 aromatic heterocycles. The molecule has 144 valence electrons. The predicted octanol–water partition coefficient (Wildman–Crippen LogP) is 5.58. The number of benzene rings is 2. The highest BCUT2D eigenvalue weighted by Crippen LogP contribution is 2.29. The first-order valence-corrected chi connectivity index (χ1v) is 10.3. The minimum absolute atomic E-state index is 0.229. The molecule has 0 amide bonds. The SMILES string of the molecule is Cc1cc(-c2ccc(C(C=O)CNc3ncc(-c4ccccc4)s3)cc2)ccn1. The largest absolute Gasteiger partial charge is 0.360 e. The summed E-state index contributed by atoms with van der Waals surface area (Å²) < 4.78 is 0. The molecule has 0 bridgehead atoms. The van der Waals surface area contributed by atoms with Crippen molar-refractivity contribution in [2.75, 3.05) is 11.9 Å². The molecular formula is C24H21N3OS. The van der Waals surface area contributed by atoms with Crippen molar-refractivity contribution in [2.24, 2.45) is 0 Å². The van der Waals surface area contributed by atoms with Crippen molar-refractivity contribution in [1.82, 2.24) is 9.97 Å². The third-order valence-corrected chi connectivity index (χ3v) is 5.77. The number of aromatic nitrogens is 2. The summed E-state index contributed by atoms with van der Waals surface area (Å²) >= 11 is 1.59. The Morgan fingerprint density at radius 3 is 2.48 bits per heavy atom. The Hall–Kier alpha value is -3.31. The van der Waals surface area contributed by atoms with Gasteiger partial charge in [-0.2, -0.15) is 0 Å². The molecule has 2 aromatic carbocycles. The van der Waals surface area contributed by atoms with Crippen LogP contribution in [0.2, 0.25) is 0 Å². The maximum atomic E-state index is 11.7. The van der Waals surface area contributed by atoms with Crippen LogP contribution in [-0.2, 0) is 4.79 Å². The Kier molecular flexibility index (Phi) is 5.77. The molecule has 0 saturated carbocycles. The van der Waals surface area contributed by atoms with Crippen molar-refractivity contribution < 1.29 is 4.79 Å². The highest BCUT2D eigenvalue weighted by molar-refractivity contribution is 7.18. The van der Waals surface area contributed by atoms with Gasteiger partial charge in [-0.3, -0.25) is 4.98 Å². The van der Waals surface area contributed by atoms with Crippen LogP contribution in [0.5, 0.6) is 0 Å². The fourth-order valence-corrected chi connectivity index (χ4v) is 4.01. The van der Waals surface area contributed by atoms with Crippen molar-refractivity contribution in [3.8, 4) is 21.6 Å². The number of anilines is 1. The van der Waals surface area contributed by atoms with Crippen LogP contribution >= 0.6 is 11.3 Å². The number of aryl methyl sites for hydroxylation is 1. The van der Waals surface area contributed by atoms with Gasteiger partial charge in [0, 0.05) is 24.6 Å². The zero-order valence-corrected chi connectivity index (χ0v) is 16.9. The molecule has 4 nitrogen and oxygen atoms in total. The highest BCUT2D eigenvalue weighted by atomic mass is 32.1. The van der Waals surface area contributed by atoms with Gasteiger partial charge in [-0.15, -0.1) is 0 Å². The van der Waals surface area contributed by atoms with E-state index >= 15 is 0 Å². The van der Waals surface area contributed by atoms with Gasteiger partial charge in [0.1, 0.15) is 6.29 Å². The van der Waals surface area contributed by atoms with E-state index in [1.807, 2.05) is 55.7 Å². The molecule has 1 unspecified atom stereocenters. The molecule has 1 N–H and O–H groups in total. The standard InChI is InChI=1S/C24H21N3OS/c1-17-13-21(11-12-25-17)18-7-9-19(10-8-18)22(16-28)14-26-24-27-15-23(29-24)20-5-3-2-4-6-20/h2-13,15-16,22H,14H2,1H3,(H,26,27). The zero-order valence-electron chi connectivity index (χ0n) is 16.1. The number of aldehydes is 1. The molecule has 0 aliphatic heterocycles. The number of carbonyl (C=O) groups excluding carboxylic acids is 1. The molecule has 4 aromatic rings. The van der Waals surface area contributed by atoms with Crippen LogP contribution in [-0.4, -0.2) is 22.8 Å². The Morgan fingerprint density at radius 1 is 0.966 bits per heavy atom. The van der Waals surface area contributed by atoms with Gasteiger partial charge in [0.05, 0.1) is 10.8 Å². The van der Waals surface area contributed by atoms with Crippen molar-refractivity contribution in [1.29, 1.82) is 0 Å². The highest BCUT2D eigenvalue weighted by Gasteiger charge is 2.12. The number of thiazole rings is 1. The van der Waals surface area contributed by atoms with Gasteiger partial charge in [0.25, 0.3) is 0 Å². The number of hydrogen-bond donors (Lipinski definition) is 1. The summed E-state index contributed by atoms with van der Waals surface area (Å²) in [7, 11) is 0. The third-order valence-electron chi connectivity index (χ3n) is 4.77. The zero-order chi connectivity index (χ0) is 20.1. The lowest BCUT2D eigenvalue weighted by molar-refractivity contribution is -0.108. The molecule has 0 saturated heterocycles. The molecule has 1 atom stereocenters. The van der Waals surface area contributed by atoms with Crippen LogP contribution in [0.1, 0.15) is 17.2 Å². The lowest BCUT2D eigenvalue weighted by Crippen LogP contribution is -2.13. The van der Waals surface area contributed by atoms with Gasteiger partial charge in [0.2, 0.25) is 0 Å². The van der Waals surface area contributed by atoms with E-state index in [9.17, 15) is 4.79 Å². The monoisotopic (exact) mass is 399 g/mol. The summed E-state index contributed by atoms with van der Waals surface area (Å²) in [5.74, 6) is -0.229. The molecule has 0 aliphatic carbocycles. The second kappa shape index (κ2) is 8.80. The van der Waals surface area contributed by atoms with Crippen LogP contribution in [0.4, 0.5) is 5.13 Å². The van der Waals surface area contributed by atoms with E-state index in [-0.39, 0.29) is 5.92 Å². The molecule has 0 radical (unpaired) electrons. The van der Waals surface area contributed by atoms with Gasteiger partial charge < -0.3 is 10.1 Å². The van der Waals surface area contributed by atoms with E-state index < -0.39 is 0 Å². The Bertz CT molecular complexity index is 1090. The first-order valence-electron chi connectivity index (χ1n) is 9.46. The minimum Gasteiger partial charge on any atom is -0.360 e. The fraction of sp³-hybridized carbons (Fsp3) is 0.125. The normalized spacial score (nSPS) is 11.8. The topological polar surface area (TPSA) is 54.9 Å². The maximum Gasteiger partial charge on any atom is 0.183 e. The van der Waals surface area contributed by atoms with Gasteiger partial charge in [-0.25, -0.2) is 4.98 Å². The third kappa shape index (κ3) is 4.58. The van der Waals surface area contributed by atoms with Gasteiger partial charge in [0.15, 0.2) is 5.13 Å². The number of carbonyl (C=O) groups is 1. The molecule has 4 rings (SSSR count). The van der Waals surface area contributed by atoms with Crippen LogP contribution < -0.4 is 5.32 Å². The van der Waals surface area contributed by atoms with E-state index in [0.29, 0.717) is 6.54 Å². The Balaban J connectivity index is 1.43. The lowest BCUT2D eigenvalue weighted by Gasteiger charge is -2.12. The van der Waals surface area contributed by atoms with E-state index in [2.05, 4.69) is 45.6 Å². The number of rotatable bonds is 7. The van der Waals surface area contributed by atoms with Crippen LogP contribution in [0.25, 0.3) is 21.6 Å². The van der Waals surface area contributed by atoms with Crippen molar-refractivity contribution in [3.63, 3.8) is 0 Å². The van der Waals surface area contributed by atoms with E-state index in [1.165, 1.54) is 0 Å². The average Bonchev–Trinajstić information content (AvgIpc) is 3.24. The Labute approximate surface area is 174 Å². The summed E-state index contributed by atoms with van der Waals surface area (Å²) in [5.41, 5.74) is 5.36. The van der Waals surface area contributed by atoms with Crippen LogP contribution in [0, 0.1) is 6.92 Å². The summed E-state index contributed by atoms with van der Waals surface area (Å²) in [6.07, 6.45) is 4.67. The smallest absolute Gasteiger partial charge is 0.183 e. The molecular weight excluding hydrogens is 378 g/mol. The molecule has 0 fully saturated rings. The molecule has 2 heterocycles. The van der Waals surface area contributed by atoms with Crippen molar-refractivity contribution >= 4 is 22.8 Å². The average molecular weight is 400 g/mol. The number of nitrogens with one attached hydrogen (secondary N) is 1. The fourth-order valence-electron chi connectivity index (χ4n) is 3.18. The second-order valence-corrected chi connectivity index (χ2v) is 7.86. The number of hydrogen-bond acceptors (Lipinski definition) is 5. The van der Waals surface area contributed by atoms with Crippen LogP contribution in [0.3, 0.4) is 0 Å². The van der Waals surface area contributed by atoms with Crippen LogP contribution in [0.15, 0.2) is 79.1 Å². The lowest BCUT2D eigenvalue weighted by atomic mass is 9.97. The van der Waals surface area contributed by atoms with Crippen molar-refractivity contribution in [2.45, 2.75) is 12.8 Å². The van der Waals surface area contributed by atoms with Gasteiger partial charge in [-0.05, 0) is 41.3 Å². The second-order valence-electron chi connectivity index (χ2n) is 6.83. The first-order chi connectivity index (χ1) is 14.2. The van der Waals surface area contributed by atoms with Gasteiger partial charge in [-0.1, -0.05) is 65.9 Å². The summed E-state index contributed by atoms with van der Waals surface area (Å²) in [6, 6.07) is 22.4. The van der Waals surface area contributed by atoms with Gasteiger partial charge >= 0.3 is 0 Å². The van der Waals surface area contributed by atoms with E-state index in [1.54, 1.807) is 11.3 Å². The summed E-state index contributed by atoms with van der Waals surface area (Å²) in [5, 5.41) is 4.13. The van der Waals surface area contributed by atoms with E-state index in [0.717, 1.165) is 44.2 Å². The quantitative estimate of drug-likeness (QED) is 0.413. The number of nitrogens with zero attached hydrogens (tertiary/aromatic N) is 2. The molecule has 0 spiro atoms. The molecule has 0 aliphatic rings. The van der Waals surface area contributed by atoms with E-state index in [4.69, 9.17) is 0 Å². The summed E-state index contributed by atoms with van der Waals surface area (Å²) in [4.78, 5) is 21.5. The minimum atomic E-state index is -0.229. The maximum absolute atomic E-state index is 11.7.